The van der Waals surface area contributed by atoms with Crippen molar-refractivity contribution in [2.75, 3.05) is 25.5 Å². The number of carboxylic acid groups (broad SMARTS) is 1. The zero-order valence-electron chi connectivity index (χ0n) is 11.7. The van der Waals surface area contributed by atoms with Gasteiger partial charge in [0.25, 0.3) is 0 Å². The van der Waals surface area contributed by atoms with Crippen molar-refractivity contribution in [2.24, 2.45) is 0 Å². The van der Waals surface area contributed by atoms with Crippen molar-refractivity contribution < 1.29 is 24.5 Å². The monoisotopic (exact) mass is 294 g/mol. The predicted octanol–water partition coefficient (Wildman–Crippen LogP) is 1.38. The molecule has 7 nitrogen and oxygen atoms in total. The second-order valence-corrected chi connectivity index (χ2v) is 4.89. The van der Waals surface area contributed by atoms with Gasteiger partial charge in [0.1, 0.15) is 11.3 Å². The second kappa shape index (κ2) is 6.45. The summed E-state index contributed by atoms with van der Waals surface area (Å²) < 4.78 is 5.01. The minimum absolute atomic E-state index is 0.0314. The molecular formula is C14H18N2O5. The van der Waals surface area contributed by atoms with E-state index in [0.717, 1.165) is 6.42 Å². The number of hydrogen-bond acceptors (Lipinski definition) is 4. The first kappa shape index (κ1) is 15.1. The van der Waals surface area contributed by atoms with Crippen LogP contribution >= 0.6 is 0 Å². The van der Waals surface area contributed by atoms with Gasteiger partial charge < -0.3 is 25.2 Å². The van der Waals surface area contributed by atoms with E-state index in [2.05, 4.69) is 5.32 Å². The molecule has 1 aliphatic rings. The number of anilines is 1. The van der Waals surface area contributed by atoms with Gasteiger partial charge in [-0.1, -0.05) is 0 Å². The third kappa shape index (κ3) is 3.63. The maximum atomic E-state index is 12.1. The zero-order valence-corrected chi connectivity index (χ0v) is 11.7. The fourth-order valence-electron chi connectivity index (χ4n) is 2.29. The average Bonchev–Trinajstić information content (AvgIpc) is 2.46. The molecule has 21 heavy (non-hydrogen) atoms. The highest BCUT2D eigenvalue weighted by Gasteiger charge is 2.22. The number of nitrogens with one attached hydrogen (secondary N) is 1. The highest BCUT2D eigenvalue weighted by Crippen LogP contribution is 2.23. The number of rotatable bonds is 3. The smallest absolute Gasteiger partial charge is 0.339 e. The summed E-state index contributed by atoms with van der Waals surface area (Å²) in [6.07, 6.45) is 0.967. The minimum atomic E-state index is -1.09. The fourth-order valence-corrected chi connectivity index (χ4v) is 2.29. The number of methoxy groups -OCH3 is 1. The van der Waals surface area contributed by atoms with Gasteiger partial charge in [0.2, 0.25) is 0 Å². The van der Waals surface area contributed by atoms with Crippen LogP contribution in [0.25, 0.3) is 0 Å². The predicted molar refractivity (Wildman–Crippen MR) is 75.8 cm³/mol. The molecule has 1 heterocycles. The van der Waals surface area contributed by atoms with E-state index in [1.165, 1.54) is 30.2 Å². The Labute approximate surface area is 122 Å². The Morgan fingerprint density at radius 1 is 1.43 bits per heavy atom. The van der Waals surface area contributed by atoms with Crippen molar-refractivity contribution in [3.63, 3.8) is 0 Å². The molecule has 1 aromatic rings. The Morgan fingerprint density at radius 2 is 2.19 bits per heavy atom. The second-order valence-electron chi connectivity index (χ2n) is 4.89. The van der Waals surface area contributed by atoms with Crippen LogP contribution in [0.1, 0.15) is 23.2 Å². The number of hydrogen-bond donors (Lipinski definition) is 3. The van der Waals surface area contributed by atoms with Gasteiger partial charge in [-0.2, -0.15) is 0 Å². The number of benzene rings is 1. The quantitative estimate of drug-likeness (QED) is 0.782. The number of amides is 2. The third-order valence-electron chi connectivity index (χ3n) is 3.37. The highest BCUT2D eigenvalue weighted by atomic mass is 16.5. The zero-order chi connectivity index (χ0) is 15.4. The number of nitrogens with zero attached hydrogens (tertiary/aromatic N) is 1. The van der Waals surface area contributed by atoms with Crippen molar-refractivity contribution in [1.29, 1.82) is 0 Å². The van der Waals surface area contributed by atoms with Gasteiger partial charge in [-0.3, -0.25) is 0 Å². The number of aliphatic hydroxyl groups excluding tert-OH is 1. The molecule has 0 aromatic heterocycles. The van der Waals surface area contributed by atoms with E-state index in [4.69, 9.17) is 9.84 Å². The van der Waals surface area contributed by atoms with Crippen LogP contribution in [0.5, 0.6) is 5.75 Å². The van der Waals surface area contributed by atoms with E-state index in [9.17, 15) is 14.7 Å². The molecule has 0 bridgehead atoms. The largest absolute Gasteiger partial charge is 0.496 e. The molecule has 1 aliphatic heterocycles. The number of β-amino-alcohol motifs (C(OH)–C–C–N with tert-alkyl or cyclic N) is 1. The van der Waals surface area contributed by atoms with E-state index >= 15 is 0 Å². The Balaban J connectivity index is 2.08. The minimum Gasteiger partial charge on any atom is -0.496 e. The lowest BCUT2D eigenvalue weighted by molar-refractivity contribution is 0.0693. The van der Waals surface area contributed by atoms with Crippen molar-refractivity contribution >= 4 is 17.7 Å². The Hall–Kier alpha value is -2.28. The van der Waals surface area contributed by atoms with Gasteiger partial charge in [0.15, 0.2) is 0 Å². The Kier molecular flexibility index (Phi) is 4.64. The molecule has 1 unspecified atom stereocenters. The van der Waals surface area contributed by atoms with Gasteiger partial charge in [-0.25, -0.2) is 9.59 Å². The fraction of sp³-hybridized carbons (Fsp3) is 0.429. The normalized spacial score (nSPS) is 18.2. The third-order valence-corrected chi connectivity index (χ3v) is 3.37. The molecule has 1 fully saturated rings. The molecule has 7 heteroatoms. The Bertz CT molecular complexity index is 546. The number of aliphatic hydroxyl groups is 1. The SMILES string of the molecule is COc1cc(NC(=O)N2CCCC(O)C2)ccc1C(=O)O. The summed E-state index contributed by atoms with van der Waals surface area (Å²) in [4.78, 5) is 24.6. The lowest BCUT2D eigenvalue weighted by Crippen LogP contribution is -2.44. The molecule has 1 aromatic carbocycles. The summed E-state index contributed by atoms with van der Waals surface area (Å²) in [7, 11) is 1.37. The van der Waals surface area contributed by atoms with Gasteiger partial charge in [0, 0.05) is 24.8 Å². The number of urea groups is 1. The summed E-state index contributed by atoms with van der Waals surface area (Å²) >= 11 is 0. The number of ether oxygens (including phenoxy) is 1. The molecule has 0 saturated carbocycles. The maximum Gasteiger partial charge on any atom is 0.339 e. The standard InChI is InChI=1S/C14H18N2O5/c1-21-12-7-9(4-5-11(12)13(18)19)15-14(20)16-6-2-3-10(17)8-16/h4-5,7,10,17H,2-3,6,8H2,1H3,(H,15,20)(H,18,19). The molecule has 3 N–H and O–H groups in total. The van der Waals surface area contributed by atoms with Crippen LogP contribution in [-0.2, 0) is 0 Å². The van der Waals surface area contributed by atoms with Crippen LogP contribution in [-0.4, -0.2) is 53.4 Å². The number of likely N-dealkylation sites (tertiary alicyclic amines) is 1. The molecule has 2 rings (SSSR count). The lowest BCUT2D eigenvalue weighted by atomic mass is 10.1. The lowest BCUT2D eigenvalue weighted by Gasteiger charge is -2.30. The van der Waals surface area contributed by atoms with Crippen LogP contribution in [0, 0.1) is 0 Å². The topological polar surface area (TPSA) is 99.1 Å². The van der Waals surface area contributed by atoms with E-state index in [1.54, 1.807) is 0 Å². The van der Waals surface area contributed by atoms with Crippen LogP contribution in [0.2, 0.25) is 0 Å². The number of carbonyl (C=O) groups excluding carboxylic acids is 1. The summed E-state index contributed by atoms with van der Waals surface area (Å²) in [5, 5.41) is 21.2. The van der Waals surface area contributed by atoms with Gasteiger partial charge >= 0.3 is 12.0 Å². The van der Waals surface area contributed by atoms with Crippen molar-refractivity contribution in [1.82, 2.24) is 4.90 Å². The van der Waals surface area contributed by atoms with Crippen LogP contribution in [0.3, 0.4) is 0 Å². The van der Waals surface area contributed by atoms with E-state index in [-0.39, 0.29) is 17.3 Å². The maximum absolute atomic E-state index is 12.1. The van der Waals surface area contributed by atoms with Gasteiger partial charge in [-0.15, -0.1) is 0 Å². The average molecular weight is 294 g/mol. The van der Waals surface area contributed by atoms with Crippen LogP contribution in [0.4, 0.5) is 10.5 Å². The first-order valence-corrected chi connectivity index (χ1v) is 6.66. The van der Waals surface area contributed by atoms with Gasteiger partial charge in [-0.05, 0) is 25.0 Å². The van der Waals surface area contributed by atoms with Crippen molar-refractivity contribution in [3.8, 4) is 5.75 Å². The molecule has 2 amide bonds. The number of aromatic carboxylic acids is 1. The molecule has 0 spiro atoms. The molecule has 1 atom stereocenters. The van der Waals surface area contributed by atoms with Crippen LogP contribution < -0.4 is 10.1 Å². The highest BCUT2D eigenvalue weighted by molar-refractivity contribution is 5.94. The molecule has 0 aliphatic carbocycles. The first-order chi connectivity index (χ1) is 10.0. The summed E-state index contributed by atoms with van der Waals surface area (Å²) in [5.74, 6) is -0.914. The van der Waals surface area contributed by atoms with E-state index < -0.39 is 12.1 Å². The number of piperidine rings is 1. The molecule has 0 radical (unpaired) electrons. The molecule has 114 valence electrons. The molecule has 1 saturated heterocycles. The van der Waals surface area contributed by atoms with Gasteiger partial charge in [0.05, 0.1) is 13.2 Å². The summed E-state index contributed by atoms with van der Waals surface area (Å²) in [5.41, 5.74) is 0.478. The molecular weight excluding hydrogens is 276 g/mol. The summed E-state index contributed by atoms with van der Waals surface area (Å²) in [6, 6.07) is 4.02. The van der Waals surface area contributed by atoms with E-state index in [1.807, 2.05) is 0 Å². The Morgan fingerprint density at radius 3 is 2.81 bits per heavy atom. The van der Waals surface area contributed by atoms with E-state index in [0.29, 0.717) is 25.2 Å². The number of carboxylic acids is 1. The first-order valence-electron chi connectivity index (χ1n) is 6.66. The van der Waals surface area contributed by atoms with Crippen LogP contribution in [0.15, 0.2) is 18.2 Å². The van der Waals surface area contributed by atoms with Crippen molar-refractivity contribution in [3.05, 3.63) is 23.8 Å². The van der Waals surface area contributed by atoms with Crippen molar-refractivity contribution in [2.45, 2.75) is 18.9 Å². The number of carbonyl (C=O) groups is 2. The summed E-state index contributed by atoms with van der Waals surface area (Å²) in [6.45, 7) is 0.892.